The summed E-state index contributed by atoms with van der Waals surface area (Å²) in [6, 6.07) is -1.27. The maximum atomic E-state index is 12.8. The molecule has 13 heteroatoms. The summed E-state index contributed by atoms with van der Waals surface area (Å²) in [4.78, 5) is 83.6. The minimum absolute atomic E-state index is 0.0267. The standard InChI is InChI=1S/C31H50N2O11/c1-2-44-19-5-18-32-29(40)23(13-17-28(38)39)20-25(35)15-16-26(31(42)43)33-30(41)22-11-8-21(9-12-22)10-14-24(34)6-3-4-7-27(36)37/h21-23,26H,2-20H2,1H3,(H,32,40)(H,33,41)(H,36,37)(H,38,39)(H,42,43). The Labute approximate surface area is 258 Å². The van der Waals surface area contributed by atoms with Gasteiger partial charge in [0.25, 0.3) is 0 Å². The molecule has 2 unspecified atom stereocenters. The maximum absolute atomic E-state index is 12.8. The number of hydrogen-bond donors (Lipinski definition) is 5. The van der Waals surface area contributed by atoms with Crippen LogP contribution in [0.2, 0.25) is 0 Å². The molecule has 0 spiro atoms. The summed E-state index contributed by atoms with van der Waals surface area (Å²) in [7, 11) is 0. The van der Waals surface area contributed by atoms with Gasteiger partial charge in [-0.2, -0.15) is 0 Å². The Morgan fingerprint density at radius 1 is 0.773 bits per heavy atom. The number of nitrogens with one attached hydrogen (secondary N) is 2. The van der Waals surface area contributed by atoms with Gasteiger partial charge in [-0.25, -0.2) is 4.79 Å². The van der Waals surface area contributed by atoms with Crippen molar-refractivity contribution in [3.05, 3.63) is 0 Å². The number of carbonyl (C=O) groups is 7. The molecular weight excluding hydrogens is 576 g/mol. The largest absolute Gasteiger partial charge is 0.481 e. The van der Waals surface area contributed by atoms with Crippen molar-refractivity contribution < 1.29 is 53.6 Å². The van der Waals surface area contributed by atoms with Gasteiger partial charge >= 0.3 is 17.9 Å². The molecule has 0 aromatic carbocycles. The number of ketones is 2. The van der Waals surface area contributed by atoms with Crippen molar-refractivity contribution in [1.29, 1.82) is 0 Å². The van der Waals surface area contributed by atoms with Crippen LogP contribution in [0.5, 0.6) is 0 Å². The Hall–Kier alpha value is -3.35. The third-order valence-corrected chi connectivity index (χ3v) is 7.99. The number of aliphatic carboxylic acids is 3. The van der Waals surface area contributed by atoms with E-state index in [1.807, 2.05) is 6.92 Å². The zero-order valence-electron chi connectivity index (χ0n) is 25.9. The first-order valence-electron chi connectivity index (χ1n) is 15.8. The second kappa shape index (κ2) is 22.2. The monoisotopic (exact) mass is 626 g/mol. The van der Waals surface area contributed by atoms with Crippen molar-refractivity contribution in [2.24, 2.45) is 17.8 Å². The molecule has 13 nitrogen and oxygen atoms in total. The maximum Gasteiger partial charge on any atom is 0.326 e. The number of carboxylic acid groups (broad SMARTS) is 3. The third kappa shape index (κ3) is 17.7. The Kier molecular flexibility index (Phi) is 19.5. The highest BCUT2D eigenvalue weighted by Crippen LogP contribution is 2.32. The molecule has 1 saturated carbocycles. The predicted octanol–water partition coefficient (Wildman–Crippen LogP) is 3.12. The molecule has 0 bridgehead atoms. The molecule has 2 amide bonds. The average Bonchev–Trinajstić information content (AvgIpc) is 2.98. The molecule has 250 valence electrons. The van der Waals surface area contributed by atoms with Crippen molar-refractivity contribution in [2.75, 3.05) is 19.8 Å². The van der Waals surface area contributed by atoms with Gasteiger partial charge in [-0.3, -0.25) is 28.8 Å². The molecule has 2 atom stereocenters. The van der Waals surface area contributed by atoms with Gasteiger partial charge in [0.05, 0.1) is 0 Å². The van der Waals surface area contributed by atoms with Crippen LogP contribution in [-0.4, -0.2) is 82.4 Å². The highest BCUT2D eigenvalue weighted by molar-refractivity contribution is 5.88. The van der Waals surface area contributed by atoms with E-state index in [0.717, 1.165) is 12.8 Å². The predicted molar refractivity (Wildman–Crippen MR) is 159 cm³/mol. The lowest BCUT2D eigenvalue weighted by atomic mass is 9.79. The molecule has 0 radical (unpaired) electrons. The average molecular weight is 627 g/mol. The first-order valence-corrected chi connectivity index (χ1v) is 15.8. The van der Waals surface area contributed by atoms with E-state index >= 15 is 0 Å². The van der Waals surface area contributed by atoms with Crippen LogP contribution in [0.15, 0.2) is 0 Å². The molecule has 5 N–H and O–H groups in total. The van der Waals surface area contributed by atoms with Crippen molar-refractivity contribution in [3.63, 3.8) is 0 Å². The number of unbranched alkanes of at least 4 members (excludes halogenated alkanes) is 1. The number of rotatable bonds is 25. The van der Waals surface area contributed by atoms with Gasteiger partial charge in [0.1, 0.15) is 17.6 Å². The van der Waals surface area contributed by atoms with Crippen molar-refractivity contribution in [1.82, 2.24) is 10.6 Å². The van der Waals surface area contributed by atoms with Crippen LogP contribution in [-0.2, 0) is 38.3 Å². The van der Waals surface area contributed by atoms with Gasteiger partial charge in [0.15, 0.2) is 0 Å². The van der Waals surface area contributed by atoms with Crippen LogP contribution >= 0.6 is 0 Å². The molecule has 44 heavy (non-hydrogen) atoms. The second-order valence-electron chi connectivity index (χ2n) is 11.5. The van der Waals surface area contributed by atoms with Crippen LogP contribution in [0.25, 0.3) is 0 Å². The molecule has 1 aliphatic carbocycles. The van der Waals surface area contributed by atoms with Crippen LogP contribution in [0.3, 0.4) is 0 Å². The molecular formula is C31H50N2O11. The van der Waals surface area contributed by atoms with E-state index in [0.29, 0.717) is 77.0 Å². The number of carboxylic acids is 3. The first-order chi connectivity index (χ1) is 20.9. The normalized spacial score (nSPS) is 17.7. The first kappa shape index (κ1) is 38.7. The Bertz CT molecular complexity index is 960. The quantitative estimate of drug-likeness (QED) is 0.0928. The third-order valence-electron chi connectivity index (χ3n) is 7.99. The summed E-state index contributed by atoms with van der Waals surface area (Å²) < 4.78 is 5.22. The zero-order chi connectivity index (χ0) is 32.9. The lowest BCUT2D eigenvalue weighted by Crippen LogP contribution is -2.44. The van der Waals surface area contributed by atoms with Crippen molar-refractivity contribution in [2.45, 2.75) is 116 Å². The van der Waals surface area contributed by atoms with Gasteiger partial charge < -0.3 is 30.7 Å². The minimum atomic E-state index is -1.27. The number of amides is 2. The van der Waals surface area contributed by atoms with Gasteiger partial charge in [-0.15, -0.1) is 0 Å². The molecule has 0 saturated heterocycles. The summed E-state index contributed by atoms with van der Waals surface area (Å²) in [6.07, 6.45) is 4.93. The summed E-state index contributed by atoms with van der Waals surface area (Å²) >= 11 is 0. The molecule has 0 aromatic rings. The lowest BCUT2D eigenvalue weighted by Gasteiger charge is -2.28. The van der Waals surface area contributed by atoms with Crippen LogP contribution in [0, 0.1) is 17.8 Å². The number of ether oxygens (including phenoxy) is 1. The smallest absolute Gasteiger partial charge is 0.326 e. The SMILES string of the molecule is CCOCCCNC(=O)C(CCC(=O)O)CC(=O)CCC(NC(=O)C1CCC(CCC(=O)CCCCC(=O)O)CC1)C(=O)O. The summed E-state index contributed by atoms with van der Waals surface area (Å²) in [6.45, 7) is 3.18. The van der Waals surface area contributed by atoms with Crippen LogP contribution in [0.1, 0.15) is 110 Å². The lowest BCUT2D eigenvalue weighted by molar-refractivity contribution is -0.143. The van der Waals surface area contributed by atoms with Crippen LogP contribution in [0.4, 0.5) is 0 Å². The molecule has 0 aliphatic heterocycles. The summed E-state index contributed by atoms with van der Waals surface area (Å²) in [5.74, 6) is -5.24. The molecule has 0 aromatic heterocycles. The van der Waals surface area contributed by atoms with Crippen LogP contribution < -0.4 is 10.6 Å². The Balaban J connectivity index is 2.48. The number of hydrogen-bond acceptors (Lipinski definition) is 8. The minimum Gasteiger partial charge on any atom is -0.481 e. The molecule has 1 rings (SSSR count). The van der Waals surface area contributed by atoms with Crippen molar-refractivity contribution >= 4 is 41.3 Å². The fourth-order valence-corrected chi connectivity index (χ4v) is 5.33. The van der Waals surface area contributed by atoms with E-state index in [2.05, 4.69) is 10.6 Å². The summed E-state index contributed by atoms with van der Waals surface area (Å²) in [5.41, 5.74) is 0. The highest BCUT2D eigenvalue weighted by Gasteiger charge is 2.30. The highest BCUT2D eigenvalue weighted by atomic mass is 16.5. The van der Waals surface area contributed by atoms with Gasteiger partial charge in [-0.1, -0.05) is 0 Å². The van der Waals surface area contributed by atoms with Gasteiger partial charge in [-0.05, 0) is 77.0 Å². The van der Waals surface area contributed by atoms with E-state index in [-0.39, 0.29) is 61.9 Å². The fraction of sp³-hybridized carbons (Fsp3) is 0.774. The van der Waals surface area contributed by atoms with E-state index in [4.69, 9.17) is 14.9 Å². The van der Waals surface area contributed by atoms with Crippen molar-refractivity contribution in [3.8, 4) is 0 Å². The number of carbonyl (C=O) groups excluding carboxylic acids is 4. The fourth-order valence-electron chi connectivity index (χ4n) is 5.33. The molecule has 1 fully saturated rings. The summed E-state index contributed by atoms with van der Waals surface area (Å²) in [5, 5.41) is 32.6. The topological polar surface area (TPSA) is 213 Å². The van der Waals surface area contributed by atoms with E-state index in [1.54, 1.807) is 0 Å². The van der Waals surface area contributed by atoms with Gasteiger partial charge in [0, 0.05) is 70.1 Å². The second-order valence-corrected chi connectivity index (χ2v) is 11.5. The van der Waals surface area contributed by atoms with E-state index in [1.165, 1.54) is 0 Å². The molecule has 1 aliphatic rings. The van der Waals surface area contributed by atoms with E-state index < -0.39 is 35.8 Å². The molecule has 0 heterocycles. The van der Waals surface area contributed by atoms with Gasteiger partial charge in [0.2, 0.25) is 11.8 Å². The van der Waals surface area contributed by atoms with E-state index in [9.17, 15) is 38.7 Å². The number of Topliss-reactive ketones (excluding diaryl/α,β-unsaturated/α-hetero) is 2. The zero-order valence-corrected chi connectivity index (χ0v) is 25.9. The Morgan fingerprint density at radius 3 is 2.05 bits per heavy atom. The Morgan fingerprint density at radius 2 is 1.43 bits per heavy atom.